The molecule has 0 bridgehead atoms. The Kier molecular flexibility index (Phi) is 6.01. The molecule has 2 nitrogen and oxygen atoms in total. The second-order valence-corrected chi connectivity index (χ2v) is 16.0. The molecule has 0 spiro atoms. The molecular weight excluding hydrogens is 667 g/mol. The van der Waals surface area contributed by atoms with Crippen molar-refractivity contribution in [2.45, 2.75) is 31.8 Å². The molecule has 1 unspecified atom stereocenters. The van der Waals surface area contributed by atoms with E-state index in [4.69, 9.17) is 4.74 Å². The third-order valence-corrected chi connectivity index (χ3v) is 13.0. The van der Waals surface area contributed by atoms with Gasteiger partial charge in [0.25, 0.3) is 0 Å². The van der Waals surface area contributed by atoms with Crippen LogP contribution in [0.2, 0.25) is 0 Å². The molecule has 9 aromatic rings. The maximum atomic E-state index is 7.70. The summed E-state index contributed by atoms with van der Waals surface area (Å²) in [5.41, 5.74) is 17.7. The minimum absolute atomic E-state index is 0.141. The predicted octanol–water partition coefficient (Wildman–Crippen LogP) is 13.5. The molecule has 2 heteroatoms. The number of benzene rings is 8. The van der Waals surface area contributed by atoms with E-state index < -0.39 is 5.60 Å². The number of ether oxygens (including phenoxy) is 1. The number of nitrogens with zero attached hydrogens (tertiary/aromatic N) is 1. The lowest BCUT2D eigenvalue weighted by Gasteiger charge is -2.38. The molecule has 1 aliphatic heterocycles. The molecule has 0 saturated carbocycles. The minimum atomic E-state index is -0.871. The van der Waals surface area contributed by atoms with Crippen LogP contribution < -0.4 is 4.74 Å². The monoisotopic (exact) mass is 703 g/mol. The zero-order valence-corrected chi connectivity index (χ0v) is 31.0. The van der Waals surface area contributed by atoms with Crippen LogP contribution in [-0.4, -0.2) is 4.57 Å². The Morgan fingerprint density at radius 2 is 1.11 bits per heavy atom. The first-order chi connectivity index (χ1) is 26.9. The fourth-order valence-electron chi connectivity index (χ4n) is 10.3. The summed E-state index contributed by atoms with van der Waals surface area (Å²) in [4.78, 5) is 0. The Labute approximate surface area is 320 Å². The molecule has 1 atom stereocenters. The molecule has 12 rings (SSSR count). The lowest BCUT2D eigenvalue weighted by Crippen LogP contribution is -2.35. The van der Waals surface area contributed by atoms with Crippen molar-refractivity contribution in [1.29, 1.82) is 0 Å². The van der Waals surface area contributed by atoms with Gasteiger partial charge in [0, 0.05) is 49.3 Å². The van der Waals surface area contributed by atoms with Gasteiger partial charge in [0.2, 0.25) is 0 Å². The average Bonchev–Trinajstić information content (AvgIpc) is 3.84. The van der Waals surface area contributed by atoms with Crippen LogP contribution in [0.5, 0.6) is 5.75 Å². The second kappa shape index (κ2) is 10.7. The number of rotatable bonds is 3. The molecule has 0 fully saturated rings. The summed E-state index contributed by atoms with van der Waals surface area (Å²) in [6.07, 6.45) is 4.66. The Morgan fingerprint density at radius 3 is 1.87 bits per heavy atom. The highest BCUT2D eigenvalue weighted by Gasteiger charge is 2.42. The summed E-state index contributed by atoms with van der Waals surface area (Å²) in [7, 11) is 0. The molecule has 0 radical (unpaired) electrons. The van der Waals surface area contributed by atoms with Crippen molar-refractivity contribution in [3.8, 4) is 44.8 Å². The summed E-state index contributed by atoms with van der Waals surface area (Å²) in [5.74, 6) is 0.947. The summed E-state index contributed by atoms with van der Waals surface area (Å²) in [6.45, 7) is 6.98. The molecule has 2 aliphatic carbocycles. The topological polar surface area (TPSA) is 14.2 Å². The Hall–Kier alpha value is -6.64. The first-order valence-corrected chi connectivity index (χ1v) is 19.4. The molecule has 260 valence electrons. The Balaban J connectivity index is 1.09. The van der Waals surface area contributed by atoms with Crippen LogP contribution in [0.1, 0.15) is 47.2 Å². The lowest BCUT2D eigenvalue weighted by atomic mass is 9.78. The number of aromatic nitrogens is 1. The van der Waals surface area contributed by atoms with E-state index in [0.717, 1.165) is 33.5 Å². The standard InChI is InChI=1S/C53H37NO/c1-32-36-29-30-53(34-25-28-39-38-14-6-9-20-45(38)52(2,3)46(39)31-34,55-51(36)44-19-12-18-43-37-13-4-5-17-42(37)49(32)50(43)44)33-23-26-35(27-24-33)54-47-21-10-7-15-40(47)41-16-8-11-22-48(41)54/h4-31H,1-3H3. The molecule has 55 heavy (non-hydrogen) atoms. The zero-order valence-electron chi connectivity index (χ0n) is 31.0. The zero-order chi connectivity index (χ0) is 36.6. The first-order valence-electron chi connectivity index (χ1n) is 19.4. The number of para-hydroxylation sites is 2. The van der Waals surface area contributed by atoms with Crippen LogP contribution in [0.4, 0.5) is 0 Å². The summed E-state index contributed by atoms with van der Waals surface area (Å²) in [6, 6.07) is 58.0. The van der Waals surface area contributed by atoms with E-state index in [1.807, 2.05) is 0 Å². The smallest absolute Gasteiger partial charge is 0.178 e. The van der Waals surface area contributed by atoms with E-state index in [-0.39, 0.29) is 5.41 Å². The maximum Gasteiger partial charge on any atom is 0.178 e. The summed E-state index contributed by atoms with van der Waals surface area (Å²) < 4.78 is 10.1. The fourth-order valence-corrected chi connectivity index (χ4v) is 10.3. The molecule has 0 amide bonds. The van der Waals surface area contributed by atoms with Crippen molar-refractivity contribution in [2.24, 2.45) is 0 Å². The van der Waals surface area contributed by atoms with Gasteiger partial charge in [-0.3, -0.25) is 0 Å². The first kappa shape index (κ1) is 30.8. The van der Waals surface area contributed by atoms with Gasteiger partial charge in [-0.25, -0.2) is 0 Å². The highest BCUT2D eigenvalue weighted by Crippen LogP contribution is 2.56. The van der Waals surface area contributed by atoms with E-state index in [2.05, 4.69) is 195 Å². The SMILES string of the molecule is Cc1c2c(c3cccc4c3c1-c1ccccc1-4)OC(c1ccc(-n3c4ccccc4c4ccccc43)cc1)(c1ccc3c(c1)C(C)(C)c1ccccc1-3)C=C2. The molecular formula is C53H37NO. The normalized spacial score (nSPS) is 16.9. The van der Waals surface area contributed by atoms with Gasteiger partial charge in [0.15, 0.2) is 5.60 Å². The van der Waals surface area contributed by atoms with Crippen LogP contribution in [0.25, 0.3) is 77.7 Å². The van der Waals surface area contributed by atoms with Crippen LogP contribution in [0.3, 0.4) is 0 Å². The van der Waals surface area contributed by atoms with E-state index >= 15 is 0 Å². The van der Waals surface area contributed by atoms with Gasteiger partial charge in [0.05, 0.1) is 11.0 Å². The predicted molar refractivity (Wildman–Crippen MR) is 228 cm³/mol. The van der Waals surface area contributed by atoms with Gasteiger partial charge in [-0.1, -0.05) is 147 Å². The molecule has 3 aliphatic rings. The van der Waals surface area contributed by atoms with Gasteiger partial charge in [-0.2, -0.15) is 0 Å². The second-order valence-electron chi connectivity index (χ2n) is 16.0. The van der Waals surface area contributed by atoms with Crippen LogP contribution in [0, 0.1) is 6.92 Å². The third-order valence-electron chi connectivity index (χ3n) is 13.0. The van der Waals surface area contributed by atoms with Gasteiger partial charge in [-0.15, -0.1) is 0 Å². The minimum Gasteiger partial charge on any atom is -0.472 e. The number of hydrogen-bond acceptors (Lipinski definition) is 1. The average molecular weight is 704 g/mol. The van der Waals surface area contributed by atoms with Crippen LogP contribution in [-0.2, 0) is 11.0 Å². The van der Waals surface area contributed by atoms with E-state index in [1.165, 1.54) is 77.3 Å². The Morgan fingerprint density at radius 1 is 0.509 bits per heavy atom. The van der Waals surface area contributed by atoms with Crippen molar-refractivity contribution < 1.29 is 4.74 Å². The quantitative estimate of drug-likeness (QED) is 0.179. The van der Waals surface area contributed by atoms with E-state index in [9.17, 15) is 0 Å². The van der Waals surface area contributed by atoms with E-state index in [1.54, 1.807) is 0 Å². The Bertz CT molecular complexity index is 3100. The highest BCUT2D eigenvalue weighted by molar-refractivity contribution is 6.19. The molecule has 0 saturated heterocycles. The lowest BCUT2D eigenvalue weighted by molar-refractivity contribution is 0.163. The van der Waals surface area contributed by atoms with Crippen molar-refractivity contribution in [1.82, 2.24) is 4.57 Å². The van der Waals surface area contributed by atoms with Crippen molar-refractivity contribution in [3.63, 3.8) is 0 Å². The van der Waals surface area contributed by atoms with Crippen molar-refractivity contribution in [2.75, 3.05) is 0 Å². The van der Waals surface area contributed by atoms with Crippen molar-refractivity contribution in [3.05, 3.63) is 197 Å². The summed E-state index contributed by atoms with van der Waals surface area (Å²) in [5, 5.41) is 4.97. The highest BCUT2D eigenvalue weighted by atomic mass is 16.5. The van der Waals surface area contributed by atoms with E-state index in [0.29, 0.717) is 0 Å². The molecule has 8 aromatic carbocycles. The maximum absolute atomic E-state index is 7.70. The fraction of sp³-hybridized carbons (Fsp3) is 0.0943. The van der Waals surface area contributed by atoms with Gasteiger partial charge in [-0.05, 0) is 93.4 Å². The van der Waals surface area contributed by atoms with Crippen LogP contribution >= 0.6 is 0 Å². The summed E-state index contributed by atoms with van der Waals surface area (Å²) >= 11 is 0. The largest absolute Gasteiger partial charge is 0.472 e. The van der Waals surface area contributed by atoms with Crippen LogP contribution in [0.15, 0.2) is 164 Å². The third kappa shape index (κ3) is 3.94. The molecule has 0 N–H and O–H groups in total. The molecule has 2 heterocycles. The van der Waals surface area contributed by atoms with Gasteiger partial charge < -0.3 is 9.30 Å². The van der Waals surface area contributed by atoms with Gasteiger partial charge >= 0.3 is 0 Å². The van der Waals surface area contributed by atoms with Gasteiger partial charge in [0.1, 0.15) is 5.75 Å². The number of fused-ring (bicyclic) bond motifs is 11. The molecule has 1 aromatic heterocycles. The number of hydrogen-bond donors (Lipinski definition) is 0. The van der Waals surface area contributed by atoms with Crippen molar-refractivity contribution >= 4 is 38.7 Å².